The van der Waals surface area contributed by atoms with Crippen LogP contribution in [0.4, 0.5) is 0 Å². The number of hydrogen-bond donors (Lipinski definition) is 0. The molecule has 1 aromatic heterocycles. The molecule has 0 atom stereocenters. The third-order valence-electron chi connectivity index (χ3n) is 11.1. The molecule has 0 unspecified atom stereocenters. The molecule has 0 amide bonds. The number of nitrogens with zero attached hydrogens (tertiary/aromatic N) is 2. The molecule has 2 heteroatoms. The van der Waals surface area contributed by atoms with Crippen molar-refractivity contribution in [2.24, 2.45) is 0 Å². The summed E-state index contributed by atoms with van der Waals surface area (Å²) in [5, 5.41) is 5.34. The monoisotopic (exact) mass is 646 g/mol. The van der Waals surface area contributed by atoms with Crippen LogP contribution < -0.4 is 0 Å². The van der Waals surface area contributed by atoms with Crippen LogP contribution in [0.3, 0.4) is 0 Å². The number of benzene rings is 8. The maximum atomic E-state index is 5.26. The van der Waals surface area contributed by atoms with E-state index in [2.05, 4.69) is 158 Å². The highest BCUT2D eigenvalue weighted by molar-refractivity contribution is 6.18. The molecule has 11 rings (SSSR count). The Kier molecular flexibility index (Phi) is 5.91. The Morgan fingerprint density at radius 1 is 0.333 bits per heavy atom. The van der Waals surface area contributed by atoms with Gasteiger partial charge >= 0.3 is 0 Å². The molecule has 0 saturated carbocycles. The Labute approximate surface area is 296 Å². The molecule has 2 nitrogen and oxygen atoms in total. The van der Waals surface area contributed by atoms with Gasteiger partial charge in [-0.2, -0.15) is 0 Å². The average Bonchev–Trinajstić information content (AvgIpc) is 3.69. The standard InChI is InChI=1S/C49H30N2/c1-3-14-31(15-4-1)43-30-44(51-48(50-43)34-16-5-2-6-17-34)36-21-8-7-20-35(36)37-23-13-27-42-47(37)38-22-9-10-24-39(38)49(42)40-25-11-18-32-28-29-33-19-12-26-41(49)46(33)45(32)40/h1-30H. The van der Waals surface area contributed by atoms with Gasteiger partial charge in [0, 0.05) is 16.7 Å². The minimum absolute atomic E-state index is 0.407. The van der Waals surface area contributed by atoms with E-state index in [1.54, 1.807) is 0 Å². The van der Waals surface area contributed by atoms with Crippen molar-refractivity contribution in [2.75, 3.05) is 0 Å². The molecule has 0 saturated heterocycles. The highest BCUT2D eigenvalue weighted by atomic mass is 14.9. The molecular formula is C49H30N2. The number of rotatable bonds is 4. The second-order valence-electron chi connectivity index (χ2n) is 13.6. The smallest absolute Gasteiger partial charge is 0.160 e. The fourth-order valence-electron chi connectivity index (χ4n) is 9.06. The fourth-order valence-corrected chi connectivity index (χ4v) is 9.06. The zero-order chi connectivity index (χ0) is 33.5. The first-order valence-corrected chi connectivity index (χ1v) is 17.6. The highest BCUT2D eigenvalue weighted by Crippen LogP contribution is 2.63. The van der Waals surface area contributed by atoms with Crippen LogP contribution in [0.2, 0.25) is 0 Å². The molecule has 51 heavy (non-hydrogen) atoms. The summed E-state index contributed by atoms with van der Waals surface area (Å²) < 4.78 is 0. The second kappa shape index (κ2) is 10.7. The van der Waals surface area contributed by atoms with Gasteiger partial charge in [0.05, 0.1) is 16.8 Å². The van der Waals surface area contributed by atoms with Gasteiger partial charge in [-0.1, -0.05) is 176 Å². The van der Waals surface area contributed by atoms with Crippen LogP contribution in [0, 0.1) is 0 Å². The van der Waals surface area contributed by atoms with Gasteiger partial charge in [0.15, 0.2) is 5.82 Å². The quantitative estimate of drug-likeness (QED) is 0.178. The van der Waals surface area contributed by atoms with Gasteiger partial charge in [-0.05, 0) is 72.1 Å². The third-order valence-corrected chi connectivity index (χ3v) is 11.1. The predicted molar refractivity (Wildman–Crippen MR) is 210 cm³/mol. The Hall–Kier alpha value is -6.64. The highest BCUT2D eigenvalue weighted by Gasteiger charge is 2.51. The largest absolute Gasteiger partial charge is 0.228 e. The van der Waals surface area contributed by atoms with Gasteiger partial charge in [0.25, 0.3) is 0 Å². The van der Waals surface area contributed by atoms with Crippen molar-refractivity contribution in [3.8, 4) is 56.2 Å². The van der Waals surface area contributed by atoms with Gasteiger partial charge in [-0.15, -0.1) is 0 Å². The predicted octanol–water partition coefficient (Wildman–Crippen LogP) is 12.1. The molecular weight excluding hydrogens is 617 g/mol. The van der Waals surface area contributed by atoms with Crippen molar-refractivity contribution < 1.29 is 0 Å². The van der Waals surface area contributed by atoms with E-state index in [0.717, 1.165) is 33.6 Å². The average molecular weight is 647 g/mol. The molecule has 0 fully saturated rings. The van der Waals surface area contributed by atoms with Crippen LogP contribution in [0.15, 0.2) is 182 Å². The van der Waals surface area contributed by atoms with Gasteiger partial charge in [0.1, 0.15) is 0 Å². The van der Waals surface area contributed by atoms with Crippen LogP contribution in [-0.2, 0) is 5.41 Å². The fraction of sp³-hybridized carbons (Fsp3) is 0.0204. The zero-order valence-electron chi connectivity index (χ0n) is 27.7. The van der Waals surface area contributed by atoms with Crippen LogP contribution in [-0.4, -0.2) is 9.97 Å². The molecule has 2 aliphatic rings. The Bertz CT molecular complexity index is 2730. The first-order chi connectivity index (χ1) is 25.3. The maximum absolute atomic E-state index is 5.26. The summed E-state index contributed by atoms with van der Waals surface area (Å²) in [6.07, 6.45) is 0. The topological polar surface area (TPSA) is 25.8 Å². The van der Waals surface area contributed by atoms with E-state index < -0.39 is 5.41 Å². The van der Waals surface area contributed by atoms with Gasteiger partial charge < -0.3 is 0 Å². The van der Waals surface area contributed by atoms with E-state index in [1.165, 1.54) is 60.5 Å². The van der Waals surface area contributed by atoms with E-state index in [-0.39, 0.29) is 0 Å². The van der Waals surface area contributed by atoms with Gasteiger partial charge in [0.2, 0.25) is 0 Å². The molecule has 0 N–H and O–H groups in total. The number of fused-ring (bicyclic) bond motifs is 7. The van der Waals surface area contributed by atoms with Crippen LogP contribution in [0.5, 0.6) is 0 Å². The zero-order valence-corrected chi connectivity index (χ0v) is 27.7. The summed E-state index contributed by atoms with van der Waals surface area (Å²) in [6, 6.07) is 65.9. The van der Waals surface area contributed by atoms with E-state index in [0.29, 0.717) is 5.82 Å². The second-order valence-corrected chi connectivity index (χ2v) is 13.6. The van der Waals surface area contributed by atoms with Crippen LogP contribution >= 0.6 is 0 Å². The minimum atomic E-state index is -0.407. The molecule has 2 aliphatic carbocycles. The lowest BCUT2D eigenvalue weighted by molar-refractivity contribution is 0.797. The summed E-state index contributed by atoms with van der Waals surface area (Å²) in [4.78, 5) is 10.3. The Morgan fingerprint density at radius 2 is 0.843 bits per heavy atom. The van der Waals surface area contributed by atoms with Crippen molar-refractivity contribution in [1.82, 2.24) is 9.97 Å². The Morgan fingerprint density at radius 3 is 1.55 bits per heavy atom. The van der Waals surface area contributed by atoms with E-state index in [9.17, 15) is 0 Å². The number of aromatic nitrogens is 2. The summed E-state index contributed by atoms with van der Waals surface area (Å²) in [5.41, 5.74) is 14.9. The van der Waals surface area contributed by atoms with Crippen LogP contribution in [0.1, 0.15) is 22.3 Å². The maximum Gasteiger partial charge on any atom is 0.160 e. The lowest BCUT2D eigenvalue weighted by atomic mass is 9.70. The van der Waals surface area contributed by atoms with Crippen molar-refractivity contribution >= 4 is 21.5 Å². The Balaban J connectivity index is 1.19. The SMILES string of the molecule is c1ccc(-c2cc(-c3ccccc3-c3cccc4c3-c3ccccc3C43c4cccc5ccc6cccc3c6c45)nc(-c3ccccc3)n2)cc1. The third kappa shape index (κ3) is 3.87. The molecule has 0 radical (unpaired) electrons. The van der Waals surface area contributed by atoms with E-state index in [4.69, 9.17) is 9.97 Å². The van der Waals surface area contributed by atoms with E-state index >= 15 is 0 Å². The summed E-state index contributed by atoms with van der Waals surface area (Å²) in [6.45, 7) is 0. The molecule has 1 spiro atoms. The number of hydrogen-bond acceptors (Lipinski definition) is 2. The van der Waals surface area contributed by atoms with E-state index in [1.807, 2.05) is 24.3 Å². The van der Waals surface area contributed by atoms with Crippen molar-refractivity contribution in [3.05, 3.63) is 204 Å². The lowest BCUT2D eigenvalue weighted by Crippen LogP contribution is -2.26. The molecule has 9 aromatic rings. The summed E-state index contributed by atoms with van der Waals surface area (Å²) in [5.74, 6) is 0.717. The van der Waals surface area contributed by atoms with Gasteiger partial charge in [-0.25, -0.2) is 9.97 Å². The van der Waals surface area contributed by atoms with Gasteiger partial charge in [-0.3, -0.25) is 0 Å². The van der Waals surface area contributed by atoms with Crippen molar-refractivity contribution in [3.63, 3.8) is 0 Å². The normalized spacial score (nSPS) is 13.3. The first kappa shape index (κ1) is 28.2. The first-order valence-electron chi connectivity index (χ1n) is 17.6. The molecule has 1 heterocycles. The summed E-state index contributed by atoms with van der Waals surface area (Å²) >= 11 is 0. The molecule has 236 valence electrons. The van der Waals surface area contributed by atoms with Crippen LogP contribution in [0.25, 0.3) is 77.7 Å². The summed E-state index contributed by atoms with van der Waals surface area (Å²) in [7, 11) is 0. The molecule has 0 bridgehead atoms. The minimum Gasteiger partial charge on any atom is -0.228 e. The molecule has 0 aliphatic heterocycles. The molecule has 8 aromatic carbocycles. The van der Waals surface area contributed by atoms with Crippen molar-refractivity contribution in [1.29, 1.82) is 0 Å². The lowest BCUT2D eigenvalue weighted by Gasteiger charge is -2.31. The van der Waals surface area contributed by atoms with Crippen molar-refractivity contribution in [2.45, 2.75) is 5.41 Å².